The molecule has 0 radical (unpaired) electrons. The molecule has 0 unspecified atom stereocenters. The minimum atomic E-state index is -1.20. The van der Waals surface area contributed by atoms with E-state index in [1.807, 2.05) is 24.1 Å². The number of phenols is 1. The molecule has 1 aliphatic rings. The Balaban J connectivity index is 1.62. The number of nitrogens with one attached hydrogen (secondary N) is 1. The molecular weight excluding hydrogens is 426 g/mol. The van der Waals surface area contributed by atoms with Gasteiger partial charge >= 0.3 is 5.97 Å². The van der Waals surface area contributed by atoms with Crippen molar-refractivity contribution in [2.75, 3.05) is 20.1 Å². The van der Waals surface area contributed by atoms with Gasteiger partial charge in [-0.1, -0.05) is 12.1 Å². The molecule has 1 aliphatic heterocycles. The fourth-order valence-electron chi connectivity index (χ4n) is 3.26. The Hall–Kier alpha value is -4.60. The van der Waals surface area contributed by atoms with Crippen molar-refractivity contribution < 1.29 is 24.5 Å². The van der Waals surface area contributed by atoms with Gasteiger partial charge in [0.25, 0.3) is 0 Å². The number of ether oxygens (including phenoxy) is 2. The first-order valence-electron chi connectivity index (χ1n) is 9.94. The van der Waals surface area contributed by atoms with Crippen molar-refractivity contribution >= 4 is 17.6 Å². The molecule has 0 saturated heterocycles. The second kappa shape index (κ2) is 8.87. The van der Waals surface area contributed by atoms with Crippen LogP contribution in [0.1, 0.15) is 21.5 Å². The molecule has 4 rings (SSSR count). The third-order valence-electron chi connectivity index (χ3n) is 4.88. The molecule has 168 valence electrons. The van der Waals surface area contributed by atoms with Gasteiger partial charge in [-0.15, -0.1) is 0 Å². The number of phenolic OH excluding ortho intramolecular Hbond substituents is 1. The van der Waals surface area contributed by atoms with Crippen LogP contribution in [0, 0.1) is 5.41 Å². The third kappa shape index (κ3) is 4.85. The van der Waals surface area contributed by atoms with Gasteiger partial charge in [-0.3, -0.25) is 10.4 Å². The third-order valence-corrected chi connectivity index (χ3v) is 4.88. The molecule has 33 heavy (non-hydrogen) atoms. The lowest BCUT2D eigenvalue weighted by Crippen LogP contribution is -2.23. The van der Waals surface area contributed by atoms with Gasteiger partial charge in [0, 0.05) is 36.9 Å². The number of amidine groups is 2. The Bertz CT molecular complexity index is 1270. The maximum atomic E-state index is 11.6. The minimum absolute atomic E-state index is 0.00334. The van der Waals surface area contributed by atoms with Crippen molar-refractivity contribution in [3.63, 3.8) is 0 Å². The Morgan fingerprint density at radius 3 is 2.48 bits per heavy atom. The summed E-state index contributed by atoms with van der Waals surface area (Å²) in [7, 11) is 1.96. The highest BCUT2D eigenvalue weighted by atomic mass is 16.5. The van der Waals surface area contributed by atoms with Gasteiger partial charge in [-0.2, -0.15) is 4.98 Å². The highest BCUT2D eigenvalue weighted by Crippen LogP contribution is 2.33. The Labute approximate surface area is 189 Å². The fraction of sp³-hybridized carbons (Fsp3) is 0.130. The van der Waals surface area contributed by atoms with Crippen LogP contribution in [0.5, 0.6) is 29.0 Å². The normalized spacial score (nSPS) is 12.9. The van der Waals surface area contributed by atoms with E-state index in [0.29, 0.717) is 11.3 Å². The summed E-state index contributed by atoms with van der Waals surface area (Å²) in [6, 6.07) is 13.9. The number of aromatic nitrogens is 1. The predicted octanol–water partition coefficient (Wildman–Crippen LogP) is 3.05. The van der Waals surface area contributed by atoms with Crippen molar-refractivity contribution in [3.8, 4) is 29.0 Å². The zero-order valence-electron chi connectivity index (χ0n) is 17.6. The summed E-state index contributed by atoms with van der Waals surface area (Å²) in [5.41, 5.74) is 6.49. The van der Waals surface area contributed by atoms with E-state index in [1.54, 1.807) is 12.1 Å². The summed E-state index contributed by atoms with van der Waals surface area (Å²) in [4.78, 5) is 22.4. The number of nitrogens with two attached hydrogens (primary N) is 1. The van der Waals surface area contributed by atoms with Crippen molar-refractivity contribution in [2.24, 2.45) is 10.7 Å². The molecule has 0 aliphatic carbocycles. The van der Waals surface area contributed by atoms with Crippen LogP contribution >= 0.6 is 0 Å². The number of aromatic carboxylic acids is 1. The van der Waals surface area contributed by atoms with E-state index in [4.69, 9.17) is 20.6 Å². The van der Waals surface area contributed by atoms with Crippen LogP contribution in [0.25, 0.3) is 0 Å². The topological polar surface area (TPSA) is 154 Å². The van der Waals surface area contributed by atoms with E-state index in [0.717, 1.165) is 24.5 Å². The van der Waals surface area contributed by atoms with Crippen LogP contribution in [0.4, 0.5) is 0 Å². The maximum absolute atomic E-state index is 11.6. The number of hydrogen-bond donors (Lipinski definition) is 4. The highest BCUT2D eigenvalue weighted by molar-refractivity contribution is 6.00. The lowest BCUT2D eigenvalue weighted by Gasteiger charge is -2.15. The summed E-state index contributed by atoms with van der Waals surface area (Å²) < 4.78 is 11.4. The number of aromatic hydroxyl groups is 1. The number of carboxylic acids is 1. The van der Waals surface area contributed by atoms with Crippen LogP contribution in [0.15, 0.2) is 59.6 Å². The number of carboxylic acid groups (broad SMARTS) is 1. The van der Waals surface area contributed by atoms with E-state index in [1.165, 1.54) is 30.3 Å². The molecule has 0 bridgehead atoms. The van der Waals surface area contributed by atoms with Gasteiger partial charge in [-0.05, 0) is 30.3 Å². The van der Waals surface area contributed by atoms with Gasteiger partial charge < -0.3 is 30.3 Å². The Morgan fingerprint density at radius 2 is 1.85 bits per heavy atom. The number of hydrogen-bond acceptors (Lipinski definition) is 8. The molecule has 10 nitrogen and oxygen atoms in total. The Kier molecular flexibility index (Phi) is 5.81. The largest absolute Gasteiger partial charge is 0.504 e. The molecule has 3 aromatic rings. The Morgan fingerprint density at radius 1 is 1.09 bits per heavy atom. The second-order valence-corrected chi connectivity index (χ2v) is 7.29. The SMILES string of the molecule is CN1CCN=C1c1cccc(Oc2cc(C(=O)O)cc(Oc3ccc(C(=N)N)cc3O)n2)c1. The van der Waals surface area contributed by atoms with Crippen molar-refractivity contribution in [3.05, 3.63) is 71.3 Å². The van der Waals surface area contributed by atoms with Gasteiger partial charge in [-0.25, -0.2) is 4.79 Å². The van der Waals surface area contributed by atoms with Gasteiger partial charge in [0.1, 0.15) is 17.4 Å². The van der Waals surface area contributed by atoms with Crippen LogP contribution < -0.4 is 15.2 Å². The number of rotatable bonds is 7. The monoisotopic (exact) mass is 447 g/mol. The average molecular weight is 447 g/mol. The number of nitrogen functional groups attached to an aromatic ring is 1. The molecule has 0 amide bonds. The number of aliphatic imine (C=N–C) groups is 1. The zero-order chi connectivity index (χ0) is 23.5. The van der Waals surface area contributed by atoms with Crippen molar-refractivity contribution in [1.82, 2.24) is 9.88 Å². The summed E-state index contributed by atoms with van der Waals surface area (Å²) in [6.45, 7) is 1.56. The molecule has 1 aromatic heterocycles. The van der Waals surface area contributed by atoms with Crippen molar-refractivity contribution in [1.29, 1.82) is 5.41 Å². The summed E-state index contributed by atoms with van der Waals surface area (Å²) in [5, 5.41) is 27.1. The van der Waals surface area contributed by atoms with Crippen LogP contribution in [-0.4, -0.2) is 57.9 Å². The first-order chi connectivity index (χ1) is 15.8. The average Bonchev–Trinajstić information content (AvgIpc) is 3.21. The number of likely N-dealkylation sites (N-methyl/N-ethyl adjacent to an activating group) is 1. The fourth-order valence-corrected chi connectivity index (χ4v) is 3.26. The maximum Gasteiger partial charge on any atom is 0.336 e. The summed E-state index contributed by atoms with van der Waals surface area (Å²) in [5.74, 6) is -0.455. The lowest BCUT2D eigenvalue weighted by atomic mass is 10.2. The zero-order valence-corrected chi connectivity index (χ0v) is 17.6. The number of benzene rings is 2. The van der Waals surface area contributed by atoms with E-state index >= 15 is 0 Å². The molecule has 2 aromatic carbocycles. The van der Waals surface area contributed by atoms with E-state index in [-0.39, 0.29) is 34.7 Å². The van der Waals surface area contributed by atoms with E-state index < -0.39 is 5.97 Å². The summed E-state index contributed by atoms with van der Waals surface area (Å²) >= 11 is 0. The molecule has 0 atom stereocenters. The minimum Gasteiger partial charge on any atom is -0.504 e. The predicted molar refractivity (Wildman–Crippen MR) is 121 cm³/mol. The molecule has 0 fully saturated rings. The molecule has 2 heterocycles. The van der Waals surface area contributed by atoms with Gasteiger partial charge in [0.15, 0.2) is 11.5 Å². The van der Waals surface area contributed by atoms with Gasteiger partial charge in [0.05, 0.1) is 12.1 Å². The highest BCUT2D eigenvalue weighted by Gasteiger charge is 2.17. The van der Waals surface area contributed by atoms with Crippen molar-refractivity contribution in [2.45, 2.75) is 0 Å². The molecule has 0 spiro atoms. The molecular formula is C23H21N5O5. The van der Waals surface area contributed by atoms with Crippen LogP contribution in [0.3, 0.4) is 0 Å². The van der Waals surface area contributed by atoms with E-state index in [9.17, 15) is 15.0 Å². The first-order valence-corrected chi connectivity index (χ1v) is 9.94. The van der Waals surface area contributed by atoms with Gasteiger partial charge in [0.2, 0.25) is 11.8 Å². The second-order valence-electron chi connectivity index (χ2n) is 7.29. The quantitative estimate of drug-likeness (QED) is 0.318. The molecule has 10 heteroatoms. The number of carbonyl (C=O) groups is 1. The number of nitrogens with zero attached hydrogens (tertiary/aromatic N) is 3. The van der Waals surface area contributed by atoms with Crippen LogP contribution in [-0.2, 0) is 0 Å². The van der Waals surface area contributed by atoms with E-state index in [2.05, 4.69) is 9.98 Å². The standard InChI is InChI=1S/C23H21N5O5/c1-28-8-7-26-22(28)14-3-2-4-16(9-14)32-19-11-15(23(30)31)12-20(27-19)33-18-6-5-13(21(24)25)10-17(18)29/h2-6,9-12,29H,7-8H2,1H3,(H3,24,25)(H,30,31). The first kappa shape index (κ1) is 21.6. The smallest absolute Gasteiger partial charge is 0.336 e. The summed E-state index contributed by atoms with van der Waals surface area (Å²) in [6.07, 6.45) is 0. The lowest BCUT2D eigenvalue weighted by molar-refractivity contribution is 0.0696. The van der Waals surface area contributed by atoms with Crippen LogP contribution in [0.2, 0.25) is 0 Å². The molecule has 5 N–H and O–H groups in total. The number of pyridine rings is 1. The molecule has 0 saturated carbocycles.